The standard InChI is InChI=1S/C8H6F3N3/c9-7-4(1-12)6(2-13)14-3-5(7)8(10)11/h3,8H,2,13H2. The Morgan fingerprint density at radius 3 is 2.64 bits per heavy atom. The van der Waals surface area contributed by atoms with Crippen LogP contribution < -0.4 is 5.73 Å². The number of nitriles is 1. The number of rotatable bonds is 2. The minimum Gasteiger partial charge on any atom is -0.325 e. The maximum absolute atomic E-state index is 13.2. The average molecular weight is 201 g/mol. The maximum atomic E-state index is 13.2. The van der Waals surface area contributed by atoms with Crippen LogP contribution in [0.5, 0.6) is 0 Å². The molecule has 0 fully saturated rings. The Morgan fingerprint density at radius 2 is 2.21 bits per heavy atom. The van der Waals surface area contributed by atoms with Crippen molar-refractivity contribution in [2.24, 2.45) is 5.73 Å². The summed E-state index contributed by atoms with van der Waals surface area (Å²) in [5, 5.41) is 8.51. The lowest BCUT2D eigenvalue weighted by atomic mass is 10.1. The van der Waals surface area contributed by atoms with E-state index < -0.39 is 23.4 Å². The summed E-state index contributed by atoms with van der Waals surface area (Å²) in [5.41, 5.74) is 3.75. The van der Waals surface area contributed by atoms with Crippen LogP contribution in [0, 0.1) is 17.1 Å². The van der Waals surface area contributed by atoms with Crippen molar-refractivity contribution in [2.75, 3.05) is 0 Å². The van der Waals surface area contributed by atoms with Crippen LogP contribution in [0.2, 0.25) is 0 Å². The molecule has 0 unspecified atom stereocenters. The Morgan fingerprint density at radius 1 is 1.57 bits per heavy atom. The van der Waals surface area contributed by atoms with Gasteiger partial charge in [0.25, 0.3) is 6.43 Å². The van der Waals surface area contributed by atoms with Crippen molar-refractivity contribution in [3.8, 4) is 6.07 Å². The first kappa shape index (κ1) is 10.5. The Kier molecular flexibility index (Phi) is 3.04. The summed E-state index contributed by atoms with van der Waals surface area (Å²) >= 11 is 0. The van der Waals surface area contributed by atoms with Crippen molar-refractivity contribution < 1.29 is 13.2 Å². The minimum absolute atomic E-state index is 0.0191. The van der Waals surface area contributed by atoms with E-state index in [2.05, 4.69) is 4.98 Å². The van der Waals surface area contributed by atoms with Crippen LogP contribution in [0.3, 0.4) is 0 Å². The maximum Gasteiger partial charge on any atom is 0.268 e. The van der Waals surface area contributed by atoms with E-state index in [-0.39, 0.29) is 12.2 Å². The van der Waals surface area contributed by atoms with Gasteiger partial charge < -0.3 is 5.73 Å². The topological polar surface area (TPSA) is 62.7 Å². The number of aromatic nitrogens is 1. The molecule has 0 aliphatic heterocycles. The summed E-state index contributed by atoms with van der Waals surface area (Å²) in [7, 11) is 0. The molecule has 3 nitrogen and oxygen atoms in total. The lowest BCUT2D eigenvalue weighted by Gasteiger charge is -2.05. The SMILES string of the molecule is N#Cc1c(CN)ncc(C(F)F)c1F. The van der Waals surface area contributed by atoms with Gasteiger partial charge in [0, 0.05) is 12.7 Å². The van der Waals surface area contributed by atoms with Gasteiger partial charge in [-0.1, -0.05) is 0 Å². The first-order valence-electron chi connectivity index (χ1n) is 3.67. The Hall–Kier alpha value is -1.61. The normalized spacial score (nSPS) is 10.3. The highest BCUT2D eigenvalue weighted by molar-refractivity contribution is 5.38. The Labute approximate surface area is 78.0 Å². The third-order valence-electron chi connectivity index (χ3n) is 1.66. The molecule has 0 aliphatic rings. The largest absolute Gasteiger partial charge is 0.325 e. The van der Waals surface area contributed by atoms with Crippen LogP contribution in [0.25, 0.3) is 0 Å². The van der Waals surface area contributed by atoms with Gasteiger partial charge in [0.15, 0.2) is 5.82 Å². The Balaban J connectivity index is 3.37. The zero-order chi connectivity index (χ0) is 10.7. The van der Waals surface area contributed by atoms with Crippen molar-refractivity contribution in [1.82, 2.24) is 4.98 Å². The molecule has 1 rings (SSSR count). The summed E-state index contributed by atoms with van der Waals surface area (Å²) in [6.45, 7) is -0.163. The van der Waals surface area contributed by atoms with E-state index in [0.717, 1.165) is 0 Å². The van der Waals surface area contributed by atoms with Crippen LogP contribution in [-0.2, 0) is 6.54 Å². The molecule has 0 aromatic carbocycles. The number of nitrogens with zero attached hydrogens (tertiary/aromatic N) is 2. The van der Waals surface area contributed by atoms with E-state index >= 15 is 0 Å². The zero-order valence-electron chi connectivity index (χ0n) is 6.97. The molecule has 0 bridgehead atoms. The smallest absolute Gasteiger partial charge is 0.268 e. The second kappa shape index (κ2) is 4.07. The fraction of sp³-hybridized carbons (Fsp3) is 0.250. The predicted molar refractivity (Wildman–Crippen MR) is 41.8 cm³/mol. The first-order chi connectivity index (χ1) is 6.61. The molecule has 0 amide bonds. The van der Waals surface area contributed by atoms with E-state index in [1.165, 1.54) is 6.07 Å². The molecule has 1 heterocycles. The summed E-state index contributed by atoms with van der Waals surface area (Å²) < 4.78 is 37.5. The summed E-state index contributed by atoms with van der Waals surface area (Å²) in [5.74, 6) is -1.24. The Bertz CT molecular complexity index is 384. The second-order valence-corrected chi connectivity index (χ2v) is 2.47. The van der Waals surface area contributed by atoms with E-state index in [9.17, 15) is 13.2 Å². The van der Waals surface area contributed by atoms with Crippen molar-refractivity contribution in [3.63, 3.8) is 0 Å². The quantitative estimate of drug-likeness (QED) is 0.788. The molecule has 0 saturated carbocycles. The van der Waals surface area contributed by atoms with Gasteiger partial charge in [-0.3, -0.25) is 4.98 Å². The molecule has 1 aromatic heterocycles. The number of pyridine rings is 1. The lowest BCUT2D eigenvalue weighted by molar-refractivity contribution is 0.145. The van der Waals surface area contributed by atoms with E-state index in [1.54, 1.807) is 0 Å². The van der Waals surface area contributed by atoms with Gasteiger partial charge in [-0.15, -0.1) is 0 Å². The molecule has 6 heteroatoms. The number of alkyl halides is 2. The van der Waals surface area contributed by atoms with E-state index in [0.29, 0.717) is 6.20 Å². The molecular formula is C8H6F3N3. The highest BCUT2D eigenvalue weighted by Crippen LogP contribution is 2.24. The first-order valence-corrected chi connectivity index (χ1v) is 3.67. The predicted octanol–water partition coefficient (Wildman–Crippen LogP) is 1.49. The number of halogens is 3. The molecule has 0 aliphatic carbocycles. The van der Waals surface area contributed by atoms with Gasteiger partial charge in [0.05, 0.1) is 11.3 Å². The molecular weight excluding hydrogens is 195 g/mol. The third-order valence-corrected chi connectivity index (χ3v) is 1.66. The van der Waals surface area contributed by atoms with Crippen molar-refractivity contribution in [1.29, 1.82) is 5.26 Å². The number of hydrogen-bond acceptors (Lipinski definition) is 3. The molecule has 0 saturated heterocycles. The highest BCUT2D eigenvalue weighted by Gasteiger charge is 2.19. The number of nitrogens with two attached hydrogens (primary N) is 1. The number of hydrogen-bond donors (Lipinski definition) is 1. The summed E-state index contributed by atoms with van der Waals surface area (Å²) in [6.07, 6.45) is -2.29. The van der Waals surface area contributed by atoms with Crippen molar-refractivity contribution >= 4 is 0 Å². The molecule has 1 aromatic rings. The van der Waals surface area contributed by atoms with Crippen molar-refractivity contribution in [2.45, 2.75) is 13.0 Å². The average Bonchev–Trinajstić information content (AvgIpc) is 2.16. The molecule has 0 radical (unpaired) electrons. The minimum atomic E-state index is -2.98. The third kappa shape index (κ3) is 1.67. The van der Waals surface area contributed by atoms with E-state index in [4.69, 9.17) is 11.0 Å². The summed E-state index contributed by atoms with van der Waals surface area (Å²) in [6, 6.07) is 1.46. The van der Waals surface area contributed by atoms with Crippen LogP contribution in [0.4, 0.5) is 13.2 Å². The van der Waals surface area contributed by atoms with E-state index in [1.807, 2.05) is 0 Å². The zero-order valence-corrected chi connectivity index (χ0v) is 6.97. The molecule has 0 atom stereocenters. The fourth-order valence-corrected chi connectivity index (χ4v) is 0.960. The van der Waals surface area contributed by atoms with Crippen molar-refractivity contribution in [3.05, 3.63) is 28.8 Å². The van der Waals surface area contributed by atoms with Crippen LogP contribution in [0.15, 0.2) is 6.20 Å². The van der Waals surface area contributed by atoms with Crippen LogP contribution >= 0.6 is 0 Å². The van der Waals surface area contributed by atoms with Crippen LogP contribution in [-0.4, -0.2) is 4.98 Å². The van der Waals surface area contributed by atoms with Crippen LogP contribution in [0.1, 0.15) is 23.2 Å². The van der Waals surface area contributed by atoms with Gasteiger partial charge in [-0.05, 0) is 0 Å². The summed E-state index contributed by atoms with van der Waals surface area (Å²) in [4.78, 5) is 3.48. The molecule has 0 spiro atoms. The second-order valence-electron chi connectivity index (χ2n) is 2.47. The van der Waals surface area contributed by atoms with Gasteiger partial charge in [0.1, 0.15) is 11.6 Å². The molecule has 74 valence electrons. The van der Waals surface area contributed by atoms with Gasteiger partial charge in [0.2, 0.25) is 0 Å². The molecule has 2 N–H and O–H groups in total. The monoisotopic (exact) mass is 201 g/mol. The fourth-order valence-electron chi connectivity index (χ4n) is 0.960. The van der Waals surface area contributed by atoms with Gasteiger partial charge >= 0.3 is 0 Å². The van der Waals surface area contributed by atoms with Gasteiger partial charge in [-0.2, -0.15) is 5.26 Å². The molecule has 14 heavy (non-hydrogen) atoms. The van der Waals surface area contributed by atoms with Gasteiger partial charge in [-0.25, -0.2) is 13.2 Å². The highest BCUT2D eigenvalue weighted by atomic mass is 19.3. The lowest BCUT2D eigenvalue weighted by Crippen LogP contribution is -2.07.